The number of hydrogen-bond donors (Lipinski definition) is 0. The molecule has 0 unspecified atom stereocenters. The SMILES string of the molecule is CCCOc1ccc(CN(CCC)C(=O)c2ccc(Cl)c(S(C)(=O)=O)c2)cc1OC. The highest BCUT2D eigenvalue weighted by Crippen LogP contribution is 2.29. The van der Waals surface area contributed by atoms with E-state index in [1.165, 1.54) is 12.1 Å². The first-order chi connectivity index (χ1) is 14.2. The van der Waals surface area contributed by atoms with Crippen molar-refractivity contribution in [1.82, 2.24) is 4.90 Å². The highest BCUT2D eigenvalue weighted by atomic mass is 35.5. The predicted octanol–water partition coefficient (Wildman–Crippen LogP) is 4.59. The average molecular weight is 454 g/mol. The van der Waals surface area contributed by atoms with E-state index in [0.29, 0.717) is 31.2 Å². The Balaban J connectivity index is 2.31. The van der Waals surface area contributed by atoms with Crippen LogP contribution in [0.4, 0.5) is 0 Å². The second kappa shape index (κ2) is 10.7. The molecule has 6 nitrogen and oxygen atoms in total. The van der Waals surface area contributed by atoms with Crippen LogP contribution < -0.4 is 9.47 Å². The Labute approximate surface area is 183 Å². The molecular weight excluding hydrogens is 426 g/mol. The maximum Gasteiger partial charge on any atom is 0.254 e. The van der Waals surface area contributed by atoms with E-state index >= 15 is 0 Å². The molecule has 0 N–H and O–H groups in total. The van der Waals surface area contributed by atoms with Crippen LogP contribution in [0.15, 0.2) is 41.3 Å². The Hall–Kier alpha value is -2.25. The molecule has 0 bridgehead atoms. The minimum atomic E-state index is -3.54. The normalized spacial score (nSPS) is 11.2. The van der Waals surface area contributed by atoms with Gasteiger partial charge in [0.25, 0.3) is 5.91 Å². The Kier molecular flexibility index (Phi) is 8.55. The summed E-state index contributed by atoms with van der Waals surface area (Å²) in [6.45, 7) is 5.47. The summed E-state index contributed by atoms with van der Waals surface area (Å²) in [5, 5.41) is 0.100. The van der Waals surface area contributed by atoms with Crippen molar-refractivity contribution >= 4 is 27.3 Å². The number of ether oxygens (including phenoxy) is 2. The van der Waals surface area contributed by atoms with Crippen LogP contribution in [0.5, 0.6) is 11.5 Å². The van der Waals surface area contributed by atoms with Crippen LogP contribution in [0.3, 0.4) is 0 Å². The quantitative estimate of drug-likeness (QED) is 0.526. The number of carbonyl (C=O) groups is 1. The van der Waals surface area contributed by atoms with Crippen molar-refractivity contribution < 1.29 is 22.7 Å². The van der Waals surface area contributed by atoms with Crippen LogP contribution in [-0.2, 0) is 16.4 Å². The smallest absolute Gasteiger partial charge is 0.254 e. The maximum atomic E-state index is 13.1. The lowest BCUT2D eigenvalue weighted by Gasteiger charge is -2.23. The van der Waals surface area contributed by atoms with Gasteiger partial charge in [-0.15, -0.1) is 0 Å². The molecule has 0 aliphatic rings. The van der Waals surface area contributed by atoms with Gasteiger partial charge >= 0.3 is 0 Å². The highest BCUT2D eigenvalue weighted by Gasteiger charge is 2.20. The summed E-state index contributed by atoms with van der Waals surface area (Å²) in [6.07, 6.45) is 2.72. The number of benzene rings is 2. The van der Waals surface area contributed by atoms with Crippen LogP contribution in [0.25, 0.3) is 0 Å². The summed E-state index contributed by atoms with van der Waals surface area (Å²) >= 11 is 6.01. The number of methoxy groups -OCH3 is 1. The minimum Gasteiger partial charge on any atom is -0.493 e. The van der Waals surface area contributed by atoms with Crippen molar-refractivity contribution in [2.45, 2.75) is 38.1 Å². The summed E-state index contributed by atoms with van der Waals surface area (Å²) in [4.78, 5) is 14.8. The number of rotatable bonds is 10. The third kappa shape index (κ3) is 6.12. The van der Waals surface area contributed by atoms with Crippen LogP contribution in [0, 0.1) is 0 Å². The summed E-state index contributed by atoms with van der Waals surface area (Å²) < 4.78 is 35.0. The van der Waals surface area contributed by atoms with Crippen molar-refractivity contribution in [3.63, 3.8) is 0 Å². The number of hydrogen-bond acceptors (Lipinski definition) is 5. The first-order valence-corrected chi connectivity index (χ1v) is 12.1. The van der Waals surface area contributed by atoms with Gasteiger partial charge in [-0.25, -0.2) is 8.42 Å². The average Bonchev–Trinajstić information content (AvgIpc) is 2.71. The maximum absolute atomic E-state index is 13.1. The highest BCUT2D eigenvalue weighted by molar-refractivity contribution is 7.90. The second-order valence-electron chi connectivity index (χ2n) is 6.98. The molecule has 0 aliphatic heterocycles. The van der Waals surface area contributed by atoms with Crippen molar-refractivity contribution in [3.05, 3.63) is 52.5 Å². The number of nitrogens with zero attached hydrogens (tertiary/aromatic N) is 1. The molecule has 2 aromatic rings. The van der Waals surface area contributed by atoms with E-state index in [2.05, 4.69) is 0 Å². The number of sulfone groups is 1. The second-order valence-corrected chi connectivity index (χ2v) is 9.37. The summed E-state index contributed by atoms with van der Waals surface area (Å²) in [6, 6.07) is 9.91. The van der Waals surface area contributed by atoms with Gasteiger partial charge < -0.3 is 14.4 Å². The topological polar surface area (TPSA) is 72.9 Å². The molecule has 8 heteroatoms. The molecular formula is C22H28ClNO5S. The van der Waals surface area contributed by atoms with Gasteiger partial charge in [0.1, 0.15) is 0 Å². The monoisotopic (exact) mass is 453 g/mol. The van der Waals surface area contributed by atoms with Crippen molar-refractivity contribution in [1.29, 1.82) is 0 Å². The van der Waals surface area contributed by atoms with Crippen LogP contribution in [-0.4, -0.2) is 45.7 Å². The fourth-order valence-electron chi connectivity index (χ4n) is 2.99. The van der Waals surface area contributed by atoms with Crippen LogP contribution >= 0.6 is 11.6 Å². The van der Waals surface area contributed by atoms with E-state index in [4.69, 9.17) is 21.1 Å². The molecule has 2 rings (SSSR count). The van der Waals surface area contributed by atoms with Gasteiger partial charge in [-0.1, -0.05) is 31.5 Å². The Morgan fingerprint density at radius 2 is 1.80 bits per heavy atom. The molecule has 1 amide bonds. The Bertz CT molecular complexity index is 991. The molecule has 0 saturated heterocycles. The largest absolute Gasteiger partial charge is 0.493 e. The van der Waals surface area contributed by atoms with Gasteiger partial charge in [-0.2, -0.15) is 0 Å². The lowest BCUT2D eigenvalue weighted by Crippen LogP contribution is -2.31. The molecule has 0 aliphatic carbocycles. The van der Waals surface area contributed by atoms with Crippen molar-refractivity contribution in [2.24, 2.45) is 0 Å². The Morgan fingerprint density at radius 1 is 1.07 bits per heavy atom. The zero-order valence-electron chi connectivity index (χ0n) is 17.8. The number of halogens is 1. The Morgan fingerprint density at radius 3 is 2.40 bits per heavy atom. The predicted molar refractivity (Wildman–Crippen MR) is 118 cm³/mol. The van der Waals surface area contributed by atoms with Gasteiger partial charge in [0.15, 0.2) is 21.3 Å². The zero-order valence-corrected chi connectivity index (χ0v) is 19.3. The molecule has 0 radical (unpaired) electrons. The number of amides is 1. The first-order valence-electron chi connectivity index (χ1n) is 9.79. The summed E-state index contributed by atoms with van der Waals surface area (Å²) in [7, 11) is -1.96. The van der Waals surface area contributed by atoms with Crippen LogP contribution in [0.1, 0.15) is 42.6 Å². The van der Waals surface area contributed by atoms with Crippen molar-refractivity contribution in [3.8, 4) is 11.5 Å². The zero-order chi connectivity index (χ0) is 22.3. The van der Waals surface area contributed by atoms with E-state index in [9.17, 15) is 13.2 Å². The lowest BCUT2D eigenvalue weighted by atomic mass is 10.1. The summed E-state index contributed by atoms with van der Waals surface area (Å²) in [5.74, 6) is 1.01. The summed E-state index contributed by atoms with van der Waals surface area (Å²) in [5.41, 5.74) is 1.16. The van der Waals surface area contributed by atoms with E-state index in [1.54, 1.807) is 18.1 Å². The van der Waals surface area contributed by atoms with Crippen LogP contribution in [0.2, 0.25) is 5.02 Å². The standard InChI is InChI=1S/C22H28ClNO5S/c1-5-11-24(15-16-7-10-19(29-12-6-2)20(13-16)28-3)22(25)17-8-9-18(23)21(14-17)30(4,26)27/h7-10,13-14H,5-6,11-12,15H2,1-4H3. The molecule has 0 aromatic heterocycles. The van der Waals surface area contributed by atoms with Gasteiger partial charge in [0.05, 0.1) is 23.6 Å². The minimum absolute atomic E-state index is 0.0504. The molecule has 0 fully saturated rings. The molecule has 0 spiro atoms. The van der Waals surface area contributed by atoms with E-state index in [1.807, 2.05) is 32.0 Å². The lowest BCUT2D eigenvalue weighted by molar-refractivity contribution is 0.0743. The van der Waals surface area contributed by atoms with Gasteiger partial charge in [-0.3, -0.25) is 4.79 Å². The van der Waals surface area contributed by atoms with Gasteiger partial charge in [0, 0.05) is 24.9 Å². The van der Waals surface area contributed by atoms with Crippen molar-refractivity contribution in [2.75, 3.05) is 26.5 Å². The molecule has 0 saturated carbocycles. The molecule has 2 aromatic carbocycles. The van der Waals surface area contributed by atoms with E-state index < -0.39 is 9.84 Å². The fraction of sp³-hybridized carbons (Fsp3) is 0.409. The third-order valence-electron chi connectivity index (χ3n) is 4.42. The third-order valence-corrected chi connectivity index (χ3v) is 6.00. The molecule has 0 atom stereocenters. The molecule has 0 heterocycles. The van der Waals surface area contributed by atoms with E-state index in [-0.39, 0.29) is 21.4 Å². The molecule has 164 valence electrons. The van der Waals surface area contributed by atoms with E-state index in [0.717, 1.165) is 24.7 Å². The van der Waals surface area contributed by atoms with Gasteiger partial charge in [-0.05, 0) is 48.7 Å². The molecule has 30 heavy (non-hydrogen) atoms. The fourth-order valence-corrected chi connectivity index (χ4v) is 4.29. The first kappa shape index (κ1) is 24.0. The van der Waals surface area contributed by atoms with Gasteiger partial charge in [0.2, 0.25) is 0 Å². The number of carbonyl (C=O) groups excluding carboxylic acids is 1.